The second kappa shape index (κ2) is 7.56. The molecule has 0 aliphatic heterocycles. The molecule has 2 rings (SSSR count). The van der Waals surface area contributed by atoms with Crippen LogP contribution in [0.5, 0.6) is 0 Å². The first-order valence-corrected chi connectivity index (χ1v) is 6.35. The van der Waals surface area contributed by atoms with Crippen LogP contribution in [-0.2, 0) is 4.79 Å². The third-order valence-electron chi connectivity index (χ3n) is 2.71. The highest BCUT2D eigenvalue weighted by atomic mass is 16.1. The van der Waals surface area contributed by atoms with E-state index in [0.29, 0.717) is 5.57 Å². The second-order valence-corrected chi connectivity index (χ2v) is 4.17. The molecular weight excluding hydrogens is 244 g/mol. The maximum Gasteiger partial charge on any atom is 0.177 e. The number of carbonyl (C=O) groups excluding carboxylic acids is 1. The molecule has 0 aliphatic carbocycles. The minimum Gasteiger partial charge on any atom is -0.224 e. The van der Waals surface area contributed by atoms with Gasteiger partial charge in [0.25, 0.3) is 0 Å². The van der Waals surface area contributed by atoms with Crippen LogP contribution >= 0.6 is 0 Å². The first kappa shape index (κ1) is 13.6. The number of hydrogen-bond donors (Lipinski definition) is 0. The highest BCUT2D eigenvalue weighted by Crippen LogP contribution is 2.08. The van der Waals surface area contributed by atoms with Gasteiger partial charge < -0.3 is 0 Å². The Bertz CT molecular complexity index is 630. The molecule has 0 amide bonds. The molecule has 2 aromatic carbocycles. The predicted molar refractivity (Wildman–Crippen MR) is 83.7 cm³/mol. The van der Waals surface area contributed by atoms with Crippen LogP contribution in [0.4, 0.5) is 0 Å². The van der Waals surface area contributed by atoms with E-state index >= 15 is 0 Å². The van der Waals surface area contributed by atoms with Gasteiger partial charge in [-0.1, -0.05) is 72.8 Å². The minimum atomic E-state index is 0.688. The Kier molecular flexibility index (Phi) is 5.13. The number of benzene rings is 2. The molecule has 0 unspecified atom stereocenters. The molecule has 0 bridgehead atoms. The van der Waals surface area contributed by atoms with E-state index in [2.05, 4.69) is 5.73 Å². The van der Waals surface area contributed by atoms with Crippen molar-refractivity contribution in [2.75, 3.05) is 0 Å². The molecule has 0 aromatic heterocycles. The van der Waals surface area contributed by atoms with Crippen LogP contribution in [0.25, 0.3) is 12.2 Å². The monoisotopic (exact) mass is 258 g/mol. The van der Waals surface area contributed by atoms with Crippen molar-refractivity contribution in [1.29, 1.82) is 0 Å². The summed E-state index contributed by atoms with van der Waals surface area (Å²) in [5.41, 5.74) is 5.40. The van der Waals surface area contributed by atoms with Gasteiger partial charge in [-0.25, -0.2) is 4.79 Å². The summed E-state index contributed by atoms with van der Waals surface area (Å²) in [7, 11) is 0. The first-order chi connectivity index (χ1) is 9.88. The molecule has 0 saturated heterocycles. The molecule has 20 heavy (non-hydrogen) atoms. The fraction of sp³-hybridized carbons (Fsp3) is 0. The Labute approximate surface area is 118 Å². The highest BCUT2D eigenvalue weighted by molar-refractivity contribution is 5.62. The summed E-state index contributed by atoms with van der Waals surface area (Å²) >= 11 is 0. The molecule has 0 fully saturated rings. The van der Waals surface area contributed by atoms with Gasteiger partial charge in [0.2, 0.25) is 0 Å². The van der Waals surface area contributed by atoms with E-state index in [9.17, 15) is 4.79 Å². The summed E-state index contributed by atoms with van der Waals surface area (Å²) in [6, 6.07) is 19.8. The van der Waals surface area contributed by atoms with E-state index in [1.807, 2.05) is 85.0 Å². The lowest BCUT2D eigenvalue weighted by molar-refractivity contribution is 0.569. The zero-order valence-electron chi connectivity index (χ0n) is 11.0. The van der Waals surface area contributed by atoms with Gasteiger partial charge in [-0.15, -0.1) is 0 Å². The van der Waals surface area contributed by atoms with Crippen molar-refractivity contribution >= 4 is 18.1 Å². The molecular formula is C19H14O. The molecule has 1 nitrogen and oxygen atoms in total. The van der Waals surface area contributed by atoms with Gasteiger partial charge in [-0.05, 0) is 29.0 Å². The van der Waals surface area contributed by atoms with Crippen molar-refractivity contribution in [3.05, 3.63) is 95.2 Å². The molecule has 0 saturated carbocycles. The summed E-state index contributed by atoms with van der Waals surface area (Å²) in [5, 5.41) is 0. The van der Waals surface area contributed by atoms with Crippen LogP contribution < -0.4 is 0 Å². The van der Waals surface area contributed by atoms with E-state index in [0.717, 1.165) is 11.1 Å². The van der Waals surface area contributed by atoms with Crippen molar-refractivity contribution in [1.82, 2.24) is 0 Å². The second-order valence-electron chi connectivity index (χ2n) is 4.17. The normalized spacial score (nSPS) is 10.4. The summed E-state index contributed by atoms with van der Waals surface area (Å²) < 4.78 is 0. The van der Waals surface area contributed by atoms with Gasteiger partial charge in [0.1, 0.15) is 0 Å². The quantitative estimate of drug-likeness (QED) is 0.453. The Balaban J connectivity index is 2.17. The number of rotatable bonds is 4. The summed E-state index contributed by atoms with van der Waals surface area (Å²) in [4.78, 5) is 10.5. The predicted octanol–water partition coefficient (Wildman–Crippen LogP) is 4.33. The topological polar surface area (TPSA) is 17.1 Å². The lowest BCUT2D eigenvalue weighted by Crippen LogP contribution is -1.73. The molecule has 2 aromatic rings. The van der Waals surface area contributed by atoms with E-state index in [4.69, 9.17) is 0 Å². The highest BCUT2D eigenvalue weighted by Gasteiger charge is 1.88. The lowest BCUT2D eigenvalue weighted by Gasteiger charge is -1.93. The van der Waals surface area contributed by atoms with Crippen LogP contribution in [0.2, 0.25) is 0 Å². The first-order valence-electron chi connectivity index (χ1n) is 6.35. The Hall–Kier alpha value is -2.85. The number of allylic oxidation sites excluding steroid dienone is 3. The Morgan fingerprint density at radius 2 is 1.20 bits per heavy atom. The van der Waals surface area contributed by atoms with Crippen LogP contribution in [0.15, 0.2) is 84.1 Å². The van der Waals surface area contributed by atoms with E-state index in [1.54, 1.807) is 5.94 Å². The molecule has 0 aliphatic rings. The van der Waals surface area contributed by atoms with Gasteiger partial charge in [-0.3, -0.25) is 0 Å². The molecule has 0 spiro atoms. The molecule has 0 atom stereocenters. The zero-order valence-corrected chi connectivity index (χ0v) is 11.0. The number of hydrogen-bond acceptors (Lipinski definition) is 1. The van der Waals surface area contributed by atoms with Gasteiger partial charge in [0.05, 0.1) is 0 Å². The molecule has 0 radical (unpaired) electrons. The zero-order chi connectivity index (χ0) is 14.0. The molecule has 96 valence electrons. The molecule has 1 heteroatoms. The fourth-order valence-corrected chi connectivity index (χ4v) is 1.70. The average Bonchev–Trinajstić information content (AvgIpc) is 2.52. The van der Waals surface area contributed by atoms with Crippen LogP contribution in [0.1, 0.15) is 11.1 Å². The van der Waals surface area contributed by atoms with E-state index in [-0.39, 0.29) is 0 Å². The third-order valence-corrected chi connectivity index (χ3v) is 2.71. The Morgan fingerprint density at radius 1 is 0.750 bits per heavy atom. The smallest absolute Gasteiger partial charge is 0.177 e. The maximum atomic E-state index is 10.5. The summed E-state index contributed by atoms with van der Waals surface area (Å²) in [6.45, 7) is 0. The molecule has 0 heterocycles. The average molecular weight is 258 g/mol. The minimum absolute atomic E-state index is 0.688. The third kappa shape index (κ3) is 4.44. The maximum absolute atomic E-state index is 10.5. The van der Waals surface area contributed by atoms with Crippen LogP contribution in [-0.4, -0.2) is 5.94 Å². The van der Waals surface area contributed by atoms with Crippen LogP contribution in [0.3, 0.4) is 0 Å². The van der Waals surface area contributed by atoms with E-state index in [1.165, 1.54) is 0 Å². The van der Waals surface area contributed by atoms with Crippen molar-refractivity contribution in [3.8, 4) is 0 Å². The van der Waals surface area contributed by atoms with Gasteiger partial charge >= 0.3 is 0 Å². The van der Waals surface area contributed by atoms with Crippen molar-refractivity contribution < 1.29 is 4.79 Å². The summed E-state index contributed by atoms with van der Waals surface area (Å²) in [5.74, 6) is 1.70. The van der Waals surface area contributed by atoms with Gasteiger partial charge in [-0.2, -0.15) is 0 Å². The van der Waals surface area contributed by atoms with Crippen molar-refractivity contribution in [3.63, 3.8) is 0 Å². The van der Waals surface area contributed by atoms with Crippen molar-refractivity contribution in [2.45, 2.75) is 0 Å². The SMILES string of the molecule is O=C=C=C(C=Cc1ccccc1)C=Cc1ccccc1. The Morgan fingerprint density at radius 3 is 1.60 bits per heavy atom. The van der Waals surface area contributed by atoms with Gasteiger partial charge in [0.15, 0.2) is 5.94 Å². The largest absolute Gasteiger partial charge is 0.224 e. The van der Waals surface area contributed by atoms with Crippen LogP contribution in [0, 0.1) is 0 Å². The van der Waals surface area contributed by atoms with E-state index < -0.39 is 0 Å². The van der Waals surface area contributed by atoms with Gasteiger partial charge in [0, 0.05) is 5.57 Å². The van der Waals surface area contributed by atoms with Crippen molar-refractivity contribution in [2.24, 2.45) is 0 Å². The standard InChI is InChI=1S/C19H14O/c20-16-15-19(13-11-17-7-3-1-4-8-17)14-12-18-9-5-2-6-10-18/h1-14H. The summed E-state index contributed by atoms with van der Waals surface area (Å²) in [6.07, 6.45) is 7.57. The lowest BCUT2D eigenvalue weighted by atomic mass is 10.1. The fourth-order valence-electron chi connectivity index (χ4n) is 1.70. The molecule has 0 N–H and O–H groups in total.